The minimum atomic E-state index is 0.290. The van der Waals surface area contributed by atoms with Gasteiger partial charge >= 0.3 is 0 Å². The van der Waals surface area contributed by atoms with Crippen molar-refractivity contribution in [3.05, 3.63) is 31.3 Å². The molecule has 0 spiro atoms. The zero-order valence-corrected chi connectivity index (χ0v) is 10.7. The Kier molecular flexibility index (Phi) is 2.74. The molecular formula is C10H8BrIO. The van der Waals surface area contributed by atoms with E-state index in [2.05, 4.69) is 44.6 Å². The Morgan fingerprint density at radius 1 is 1.31 bits per heavy atom. The molecule has 2 rings (SSSR count). The molecule has 1 aromatic carbocycles. The first kappa shape index (κ1) is 9.65. The molecule has 0 saturated heterocycles. The smallest absolute Gasteiger partial charge is 0.163 e. The van der Waals surface area contributed by atoms with Crippen molar-refractivity contribution in [1.82, 2.24) is 0 Å². The van der Waals surface area contributed by atoms with Crippen LogP contribution in [0.4, 0.5) is 0 Å². The van der Waals surface area contributed by atoms with E-state index >= 15 is 0 Å². The second-order valence-corrected chi connectivity index (χ2v) is 5.22. The van der Waals surface area contributed by atoms with E-state index in [0.717, 1.165) is 22.9 Å². The number of ketones is 1. The molecule has 0 atom stereocenters. The molecule has 0 heterocycles. The lowest BCUT2D eigenvalue weighted by Gasteiger charge is -2.15. The van der Waals surface area contributed by atoms with E-state index in [0.29, 0.717) is 12.2 Å². The molecule has 0 aromatic heterocycles. The molecule has 0 fully saturated rings. The van der Waals surface area contributed by atoms with E-state index in [4.69, 9.17) is 0 Å². The van der Waals surface area contributed by atoms with Crippen LogP contribution < -0.4 is 0 Å². The molecule has 1 aliphatic rings. The van der Waals surface area contributed by atoms with Gasteiger partial charge in [0.2, 0.25) is 0 Å². The highest BCUT2D eigenvalue weighted by atomic mass is 127. The largest absolute Gasteiger partial charge is 0.294 e. The van der Waals surface area contributed by atoms with Crippen LogP contribution in [0, 0.1) is 3.57 Å². The zero-order chi connectivity index (χ0) is 9.42. The molecule has 1 aliphatic carbocycles. The summed E-state index contributed by atoms with van der Waals surface area (Å²) >= 11 is 5.72. The first-order valence-electron chi connectivity index (χ1n) is 4.19. The van der Waals surface area contributed by atoms with Crippen LogP contribution in [-0.2, 0) is 6.42 Å². The van der Waals surface area contributed by atoms with Crippen LogP contribution in [0.1, 0.15) is 28.8 Å². The minimum absolute atomic E-state index is 0.290. The second-order valence-electron chi connectivity index (χ2n) is 3.20. The topological polar surface area (TPSA) is 17.1 Å². The van der Waals surface area contributed by atoms with Gasteiger partial charge in [0.15, 0.2) is 5.78 Å². The van der Waals surface area contributed by atoms with Gasteiger partial charge in [-0.3, -0.25) is 4.79 Å². The van der Waals surface area contributed by atoms with Crippen LogP contribution in [0.15, 0.2) is 16.6 Å². The van der Waals surface area contributed by atoms with Crippen molar-refractivity contribution >= 4 is 44.3 Å². The number of rotatable bonds is 0. The number of hydrogen-bond donors (Lipinski definition) is 0. The summed E-state index contributed by atoms with van der Waals surface area (Å²) in [4.78, 5) is 11.5. The fourth-order valence-electron chi connectivity index (χ4n) is 1.63. The number of benzene rings is 1. The lowest BCUT2D eigenvalue weighted by atomic mass is 9.91. The highest BCUT2D eigenvalue weighted by Gasteiger charge is 2.18. The second kappa shape index (κ2) is 3.69. The molecule has 13 heavy (non-hydrogen) atoms. The summed E-state index contributed by atoms with van der Waals surface area (Å²) < 4.78 is 2.22. The van der Waals surface area contributed by atoms with Crippen molar-refractivity contribution in [2.24, 2.45) is 0 Å². The molecule has 0 radical (unpaired) electrons. The average molecular weight is 351 g/mol. The molecule has 1 nitrogen and oxygen atoms in total. The molecule has 0 saturated carbocycles. The first-order chi connectivity index (χ1) is 6.18. The summed E-state index contributed by atoms with van der Waals surface area (Å²) in [5.74, 6) is 0.290. The Morgan fingerprint density at radius 3 is 2.85 bits per heavy atom. The number of halogens is 2. The van der Waals surface area contributed by atoms with Crippen LogP contribution in [-0.4, -0.2) is 5.78 Å². The molecule has 0 unspecified atom stereocenters. The monoisotopic (exact) mass is 350 g/mol. The van der Waals surface area contributed by atoms with E-state index in [9.17, 15) is 4.79 Å². The number of aryl methyl sites for hydroxylation is 1. The van der Waals surface area contributed by atoms with Gasteiger partial charge in [0.25, 0.3) is 0 Å². The summed E-state index contributed by atoms with van der Waals surface area (Å²) in [5, 5.41) is 0. The number of Topliss-reactive ketones (excluding diaryl/α,β-unsaturated/α-hetero) is 1. The van der Waals surface area contributed by atoms with Crippen molar-refractivity contribution in [1.29, 1.82) is 0 Å². The Bertz CT molecular complexity index is 373. The van der Waals surface area contributed by atoms with E-state index in [1.165, 1.54) is 9.13 Å². The van der Waals surface area contributed by atoms with Gasteiger partial charge < -0.3 is 0 Å². The molecule has 0 amide bonds. The summed E-state index contributed by atoms with van der Waals surface area (Å²) in [6.07, 6.45) is 2.76. The summed E-state index contributed by atoms with van der Waals surface area (Å²) in [5.41, 5.74) is 2.13. The Balaban J connectivity index is 2.58. The molecule has 0 N–H and O–H groups in total. The third-order valence-corrected chi connectivity index (χ3v) is 4.59. The van der Waals surface area contributed by atoms with Gasteiger partial charge in [-0.1, -0.05) is 0 Å². The fourth-order valence-corrected chi connectivity index (χ4v) is 2.50. The number of hydrogen-bond acceptors (Lipinski definition) is 1. The van der Waals surface area contributed by atoms with Crippen LogP contribution in [0.25, 0.3) is 0 Å². The minimum Gasteiger partial charge on any atom is -0.294 e. The lowest BCUT2D eigenvalue weighted by Crippen LogP contribution is -2.10. The number of fused-ring (bicyclic) bond motifs is 1. The van der Waals surface area contributed by atoms with Crippen molar-refractivity contribution in [2.75, 3.05) is 0 Å². The van der Waals surface area contributed by atoms with Gasteiger partial charge in [-0.2, -0.15) is 0 Å². The van der Waals surface area contributed by atoms with E-state index in [1.807, 2.05) is 6.07 Å². The summed E-state index contributed by atoms with van der Waals surface area (Å²) in [6.45, 7) is 0. The van der Waals surface area contributed by atoms with Crippen molar-refractivity contribution in [2.45, 2.75) is 19.3 Å². The SMILES string of the molecule is O=C1CCCc2cc(I)c(Br)cc21. The van der Waals surface area contributed by atoms with Gasteiger partial charge in [-0.15, -0.1) is 0 Å². The third-order valence-electron chi connectivity index (χ3n) is 2.30. The van der Waals surface area contributed by atoms with E-state index in [-0.39, 0.29) is 0 Å². The molecular weight excluding hydrogens is 343 g/mol. The van der Waals surface area contributed by atoms with Crippen molar-refractivity contribution in [3.8, 4) is 0 Å². The molecule has 0 bridgehead atoms. The maximum absolute atomic E-state index is 11.5. The Hall–Kier alpha value is 0.1000. The van der Waals surface area contributed by atoms with Gasteiger partial charge in [0.05, 0.1) is 0 Å². The normalized spacial score (nSPS) is 15.7. The van der Waals surface area contributed by atoms with Crippen LogP contribution in [0.3, 0.4) is 0 Å². The number of carbonyl (C=O) groups is 1. The van der Waals surface area contributed by atoms with E-state index < -0.39 is 0 Å². The fraction of sp³-hybridized carbons (Fsp3) is 0.300. The van der Waals surface area contributed by atoms with Crippen molar-refractivity contribution in [3.63, 3.8) is 0 Å². The number of carbonyl (C=O) groups excluding carboxylic acids is 1. The van der Waals surface area contributed by atoms with E-state index in [1.54, 1.807) is 0 Å². The highest BCUT2D eigenvalue weighted by molar-refractivity contribution is 14.1. The molecule has 1 aromatic rings. The molecule has 3 heteroatoms. The average Bonchev–Trinajstić information content (AvgIpc) is 2.09. The quantitative estimate of drug-likeness (QED) is 0.654. The molecule has 0 aliphatic heterocycles. The van der Waals surface area contributed by atoms with Gasteiger partial charge in [-0.05, 0) is 69.1 Å². The highest BCUT2D eigenvalue weighted by Crippen LogP contribution is 2.28. The van der Waals surface area contributed by atoms with Gasteiger partial charge in [0, 0.05) is 20.0 Å². The molecule has 68 valence electrons. The maximum atomic E-state index is 11.5. The first-order valence-corrected chi connectivity index (χ1v) is 6.07. The van der Waals surface area contributed by atoms with Crippen LogP contribution in [0.2, 0.25) is 0 Å². The van der Waals surface area contributed by atoms with Crippen LogP contribution in [0.5, 0.6) is 0 Å². The summed E-state index contributed by atoms with van der Waals surface area (Å²) in [6, 6.07) is 4.07. The Labute approximate surface area is 99.2 Å². The third kappa shape index (κ3) is 1.81. The summed E-state index contributed by atoms with van der Waals surface area (Å²) in [7, 11) is 0. The van der Waals surface area contributed by atoms with Crippen molar-refractivity contribution < 1.29 is 4.79 Å². The van der Waals surface area contributed by atoms with Gasteiger partial charge in [0.1, 0.15) is 0 Å². The maximum Gasteiger partial charge on any atom is 0.163 e. The van der Waals surface area contributed by atoms with Crippen LogP contribution >= 0.6 is 38.5 Å². The Morgan fingerprint density at radius 2 is 2.08 bits per heavy atom. The lowest BCUT2D eigenvalue weighted by molar-refractivity contribution is 0.0972. The zero-order valence-electron chi connectivity index (χ0n) is 6.94. The predicted octanol–water partition coefficient (Wildman–Crippen LogP) is 3.57. The van der Waals surface area contributed by atoms with Gasteiger partial charge in [-0.25, -0.2) is 0 Å². The predicted molar refractivity (Wildman–Crippen MR) is 64.1 cm³/mol. The standard InChI is InChI=1S/C10H8BrIO/c11-8-5-7-6(4-9(8)12)2-1-3-10(7)13/h4-5H,1-3H2.